The maximum absolute atomic E-state index is 13.2. The first kappa shape index (κ1) is 19.1. The van der Waals surface area contributed by atoms with Crippen molar-refractivity contribution in [3.8, 4) is 11.4 Å². The summed E-state index contributed by atoms with van der Waals surface area (Å²) in [6.07, 6.45) is 7.63. The summed E-state index contributed by atoms with van der Waals surface area (Å²) in [5.74, 6) is -0.0604. The number of rotatable bonds is 4. The number of hydrogen-bond donors (Lipinski definition) is 1. The molecule has 4 rings (SSSR count). The van der Waals surface area contributed by atoms with Gasteiger partial charge < -0.3 is 14.6 Å². The molecule has 7 heteroatoms. The Morgan fingerprint density at radius 1 is 1.29 bits per heavy atom. The van der Waals surface area contributed by atoms with Crippen LogP contribution in [0.4, 0.5) is 0 Å². The number of para-hydroxylation sites is 1. The van der Waals surface area contributed by atoms with Gasteiger partial charge in [0.05, 0.1) is 41.1 Å². The minimum atomic E-state index is -0.0604. The van der Waals surface area contributed by atoms with E-state index in [-0.39, 0.29) is 11.9 Å². The standard InChI is InChI=1S/C21H23BrN4O2/c1-26-12-23-11-19(26)18-10-16(15-4-3-5-17(22)20(15)25-18)21(27)24-13-6-8-14(28-2)9-7-13/h3-5,10-14H,6-9H2,1-2H3,(H,24,27). The number of aromatic nitrogens is 3. The lowest BCUT2D eigenvalue weighted by molar-refractivity contribution is 0.0599. The fraction of sp³-hybridized carbons (Fsp3) is 0.381. The van der Waals surface area contributed by atoms with Gasteiger partial charge in [-0.15, -0.1) is 0 Å². The summed E-state index contributed by atoms with van der Waals surface area (Å²) in [4.78, 5) is 22.2. The van der Waals surface area contributed by atoms with E-state index in [0.29, 0.717) is 11.7 Å². The summed E-state index contributed by atoms with van der Waals surface area (Å²) < 4.78 is 8.20. The van der Waals surface area contributed by atoms with Crippen LogP contribution in [0.1, 0.15) is 36.0 Å². The molecule has 1 aliphatic carbocycles. The van der Waals surface area contributed by atoms with Gasteiger partial charge in [-0.25, -0.2) is 9.97 Å². The Hall–Kier alpha value is -2.25. The molecule has 1 fully saturated rings. The number of hydrogen-bond acceptors (Lipinski definition) is 4. The van der Waals surface area contributed by atoms with Gasteiger partial charge in [-0.05, 0) is 53.7 Å². The van der Waals surface area contributed by atoms with Crippen molar-refractivity contribution >= 4 is 32.7 Å². The van der Waals surface area contributed by atoms with Crippen LogP contribution in [0, 0.1) is 0 Å². The average Bonchev–Trinajstić information content (AvgIpc) is 3.14. The largest absolute Gasteiger partial charge is 0.381 e. The van der Waals surface area contributed by atoms with Gasteiger partial charge in [-0.3, -0.25) is 4.79 Å². The van der Waals surface area contributed by atoms with E-state index in [0.717, 1.165) is 52.4 Å². The monoisotopic (exact) mass is 442 g/mol. The second-order valence-corrected chi connectivity index (χ2v) is 8.12. The van der Waals surface area contributed by atoms with Crippen LogP contribution in [-0.2, 0) is 11.8 Å². The molecule has 0 saturated heterocycles. The number of carbonyl (C=O) groups is 1. The molecule has 1 saturated carbocycles. The topological polar surface area (TPSA) is 69.0 Å². The number of nitrogens with zero attached hydrogens (tertiary/aromatic N) is 3. The van der Waals surface area contributed by atoms with E-state index in [1.54, 1.807) is 19.6 Å². The van der Waals surface area contributed by atoms with E-state index in [1.807, 2.05) is 35.9 Å². The highest BCUT2D eigenvalue weighted by Gasteiger charge is 2.24. The summed E-state index contributed by atoms with van der Waals surface area (Å²) in [5, 5.41) is 4.05. The molecule has 28 heavy (non-hydrogen) atoms. The van der Waals surface area contributed by atoms with Gasteiger partial charge in [0, 0.05) is 30.1 Å². The maximum Gasteiger partial charge on any atom is 0.252 e. The van der Waals surface area contributed by atoms with E-state index in [4.69, 9.17) is 9.72 Å². The van der Waals surface area contributed by atoms with E-state index in [2.05, 4.69) is 26.2 Å². The number of halogens is 1. The summed E-state index contributed by atoms with van der Waals surface area (Å²) >= 11 is 3.58. The molecule has 0 spiro atoms. The van der Waals surface area contributed by atoms with Gasteiger partial charge in [-0.1, -0.05) is 12.1 Å². The number of ether oxygens (including phenoxy) is 1. The SMILES string of the molecule is COC1CCC(NC(=O)c2cc(-c3cncn3C)nc3c(Br)cccc23)CC1. The number of amides is 1. The predicted molar refractivity (Wildman–Crippen MR) is 112 cm³/mol. The fourth-order valence-corrected chi connectivity index (χ4v) is 4.30. The van der Waals surface area contributed by atoms with Crippen molar-refractivity contribution in [2.75, 3.05) is 7.11 Å². The molecule has 3 aromatic rings. The number of methoxy groups -OCH3 is 1. The van der Waals surface area contributed by atoms with E-state index >= 15 is 0 Å². The number of fused-ring (bicyclic) bond motifs is 1. The molecule has 0 aliphatic heterocycles. The lowest BCUT2D eigenvalue weighted by atomic mass is 9.92. The second-order valence-electron chi connectivity index (χ2n) is 7.26. The van der Waals surface area contributed by atoms with Crippen LogP contribution < -0.4 is 5.32 Å². The number of benzene rings is 1. The second kappa shape index (κ2) is 8.01. The summed E-state index contributed by atoms with van der Waals surface area (Å²) in [6.45, 7) is 0. The molecule has 1 N–H and O–H groups in total. The number of pyridine rings is 1. The van der Waals surface area contributed by atoms with Crippen LogP contribution in [0.25, 0.3) is 22.3 Å². The number of carbonyl (C=O) groups excluding carboxylic acids is 1. The molecular formula is C21H23BrN4O2. The van der Waals surface area contributed by atoms with Crippen LogP contribution in [0.2, 0.25) is 0 Å². The highest BCUT2D eigenvalue weighted by molar-refractivity contribution is 9.10. The Morgan fingerprint density at radius 2 is 2.07 bits per heavy atom. The number of aryl methyl sites for hydroxylation is 1. The zero-order valence-corrected chi connectivity index (χ0v) is 17.6. The Morgan fingerprint density at radius 3 is 2.75 bits per heavy atom. The van der Waals surface area contributed by atoms with Crippen molar-refractivity contribution in [2.45, 2.75) is 37.8 Å². The Labute approximate surface area is 172 Å². The predicted octanol–water partition coefficient (Wildman–Crippen LogP) is 4.09. The first-order chi connectivity index (χ1) is 13.6. The molecule has 2 heterocycles. The van der Waals surface area contributed by atoms with Crippen LogP contribution in [0.5, 0.6) is 0 Å². The fourth-order valence-electron chi connectivity index (χ4n) is 3.84. The zero-order valence-electron chi connectivity index (χ0n) is 16.0. The average molecular weight is 443 g/mol. The minimum Gasteiger partial charge on any atom is -0.381 e. The molecular weight excluding hydrogens is 420 g/mol. The van der Waals surface area contributed by atoms with Gasteiger partial charge in [0.25, 0.3) is 5.91 Å². The Bertz CT molecular complexity index is 1010. The van der Waals surface area contributed by atoms with Gasteiger partial charge in [-0.2, -0.15) is 0 Å². The van der Waals surface area contributed by atoms with Crippen molar-refractivity contribution in [1.29, 1.82) is 0 Å². The molecule has 1 aromatic carbocycles. The Balaban J connectivity index is 1.70. The van der Waals surface area contributed by atoms with Crippen molar-refractivity contribution in [3.05, 3.63) is 46.8 Å². The highest BCUT2D eigenvalue weighted by atomic mass is 79.9. The van der Waals surface area contributed by atoms with Crippen molar-refractivity contribution in [2.24, 2.45) is 7.05 Å². The molecule has 0 radical (unpaired) electrons. The Kier molecular flexibility index (Phi) is 5.46. The quantitative estimate of drug-likeness (QED) is 0.660. The third-order valence-electron chi connectivity index (χ3n) is 5.46. The number of nitrogens with one attached hydrogen (secondary N) is 1. The molecule has 146 valence electrons. The van der Waals surface area contributed by atoms with Crippen molar-refractivity contribution in [1.82, 2.24) is 19.9 Å². The molecule has 6 nitrogen and oxygen atoms in total. The molecule has 1 aliphatic rings. The summed E-state index contributed by atoms with van der Waals surface area (Å²) in [7, 11) is 3.67. The normalized spacial score (nSPS) is 19.7. The van der Waals surface area contributed by atoms with Gasteiger partial charge in [0.1, 0.15) is 0 Å². The highest BCUT2D eigenvalue weighted by Crippen LogP contribution is 2.29. The van der Waals surface area contributed by atoms with E-state index < -0.39 is 0 Å². The number of imidazole rings is 1. The summed E-state index contributed by atoms with van der Waals surface area (Å²) in [5.41, 5.74) is 3.01. The summed E-state index contributed by atoms with van der Waals surface area (Å²) in [6, 6.07) is 7.85. The van der Waals surface area contributed by atoms with Gasteiger partial charge >= 0.3 is 0 Å². The smallest absolute Gasteiger partial charge is 0.252 e. The first-order valence-corrected chi connectivity index (χ1v) is 10.3. The van der Waals surface area contributed by atoms with Gasteiger partial charge in [0.15, 0.2) is 0 Å². The van der Waals surface area contributed by atoms with Crippen LogP contribution in [0.3, 0.4) is 0 Å². The molecule has 0 bridgehead atoms. The third-order valence-corrected chi connectivity index (χ3v) is 6.10. The molecule has 0 atom stereocenters. The molecule has 2 aromatic heterocycles. The lowest BCUT2D eigenvalue weighted by Gasteiger charge is -2.28. The van der Waals surface area contributed by atoms with Crippen molar-refractivity contribution in [3.63, 3.8) is 0 Å². The van der Waals surface area contributed by atoms with E-state index in [9.17, 15) is 4.79 Å². The molecule has 0 unspecified atom stereocenters. The zero-order chi connectivity index (χ0) is 19.7. The minimum absolute atomic E-state index is 0.0604. The van der Waals surface area contributed by atoms with Gasteiger partial charge in [0.2, 0.25) is 0 Å². The van der Waals surface area contributed by atoms with Crippen LogP contribution in [-0.4, -0.2) is 39.7 Å². The van der Waals surface area contributed by atoms with E-state index in [1.165, 1.54) is 0 Å². The van der Waals surface area contributed by atoms with Crippen LogP contribution >= 0.6 is 15.9 Å². The third kappa shape index (κ3) is 3.69. The first-order valence-electron chi connectivity index (χ1n) is 9.46. The lowest BCUT2D eigenvalue weighted by Crippen LogP contribution is -2.39. The van der Waals surface area contributed by atoms with Crippen molar-refractivity contribution < 1.29 is 9.53 Å². The maximum atomic E-state index is 13.2. The van der Waals surface area contributed by atoms with Crippen LogP contribution in [0.15, 0.2) is 41.3 Å². The molecule has 1 amide bonds.